The van der Waals surface area contributed by atoms with Crippen LogP contribution in [0.15, 0.2) is 41.3 Å². The van der Waals surface area contributed by atoms with Gasteiger partial charge in [0.05, 0.1) is 24.0 Å². The third-order valence-corrected chi connectivity index (χ3v) is 2.83. The molecule has 3 aromatic rings. The van der Waals surface area contributed by atoms with Gasteiger partial charge < -0.3 is 9.72 Å². The summed E-state index contributed by atoms with van der Waals surface area (Å²) in [6.07, 6.45) is 1.64. The van der Waals surface area contributed by atoms with Crippen LogP contribution >= 0.6 is 0 Å². The highest BCUT2D eigenvalue weighted by atomic mass is 16.5. The maximum Gasteiger partial charge on any atom is 0.190 e. The van der Waals surface area contributed by atoms with E-state index in [1.54, 1.807) is 43.6 Å². The highest BCUT2D eigenvalue weighted by Crippen LogP contribution is 2.19. The summed E-state index contributed by atoms with van der Waals surface area (Å²) in [6, 6.07) is 8.69. The predicted molar refractivity (Wildman–Crippen MR) is 68.7 cm³/mol. The Morgan fingerprint density at radius 2 is 2.06 bits per heavy atom. The highest BCUT2D eigenvalue weighted by molar-refractivity contribution is 5.82. The van der Waals surface area contributed by atoms with E-state index in [2.05, 4.69) is 15.2 Å². The maximum absolute atomic E-state index is 12.0. The summed E-state index contributed by atoms with van der Waals surface area (Å²) in [7, 11) is 1.60. The predicted octanol–water partition coefficient (Wildman–Crippen LogP) is 1.93. The van der Waals surface area contributed by atoms with E-state index in [0.717, 1.165) is 11.2 Å². The molecule has 2 aromatic heterocycles. The van der Waals surface area contributed by atoms with Crippen LogP contribution in [-0.4, -0.2) is 22.3 Å². The van der Waals surface area contributed by atoms with Crippen molar-refractivity contribution < 1.29 is 4.74 Å². The second kappa shape index (κ2) is 4.03. The van der Waals surface area contributed by atoms with Crippen molar-refractivity contribution in [2.75, 3.05) is 7.11 Å². The molecule has 0 saturated carbocycles. The molecule has 18 heavy (non-hydrogen) atoms. The van der Waals surface area contributed by atoms with Crippen LogP contribution in [0.4, 0.5) is 0 Å². The van der Waals surface area contributed by atoms with Crippen molar-refractivity contribution in [3.8, 4) is 17.1 Å². The van der Waals surface area contributed by atoms with Crippen LogP contribution in [0, 0.1) is 0 Å². The number of methoxy groups -OCH3 is 1. The van der Waals surface area contributed by atoms with Gasteiger partial charge in [0.2, 0.25) is 0 Å². The number of nitrogens with zero attached hydrogens (tertiary/aromatic N) is 1. The van der Waals surface area contributed by atoms with Crippen molar-refractivity contribution in [3.63, 3.8) is 0 Å². The molecule has 0 aliphatic carbocycles. The number of fused-ring (bicyclic) bond motifs is 1. The monoisotopic (exact) mass is 241 g/mol. The number of aromatic nitrogens is 3. The van der Waals surface area contributed by atoms with Gasteiger partial charge in [0.25, 0.3) is 0 Å². The minimum Gasteiger partial charge on any atom is -0.497 e. The van der Waals surface area contributed by atoms with E-state index in [1.807, 2.05) is 0 Å². The Bertz CT molecular complexity index is 745. The average molecular weight is 241 g/mol. The minimum absolute atomic E-state index is 0.0315. The van der Waals surface area contributed by atoms with Crippen molar-refractivity contribution in [2.45, 2.75) is 0 Å². The van der Waals surface area contributed by atoms with E-state index >= 15 is 0 Å². The lowest BCUT2D eigenvalue weighted by atomic mass is 10.1. The molecule has 2 heterocycles. The second-order valence-electron chi connectivity index (χ2n) is 3.93. The van der Waals surface area contributed by atoms with Gasteiger partial charge in [0.15, 0.2) is 5.43 Å². The van der Waals surface area contributed by atoms with E-state index in [4.69, 9.17) is 4.74 Å². The third-order valence-electron chi connectivity index (χ3n) is 2.83. The van der Waals surface area contributed by atoms with Gasteiger partial charge in [-0.05, 0) is 18.2 Å². The zero-order chi connectivity index (χ0) is 12.5. The molecule has 0 amide bonds. The molecule has 90 valence electrons. The summed E-state index contributed by atoms with van der Waals surface area (Å²) in [5.41, 5.74) is 2.19. The second-order valence-corrected chi connectivity index (χ2v) is 3.93. The van der Waals surface area contributed by atoms with Crippen molar-refractivity contribution in [3.05, 3.63) is 46.8 Å². The van der Waals surface area contributed by atoms with Crippen molar-refractivity contribution in [1.29, 1.82) is 0 Å². The molecule has 5 nitrogen and oxygen atoms in total. The molecule has 0 bridgehead atoms. The molecule has 0 spiro atoms. The van der Waals surface area contributed by atoms with Gasteiger partial charge in [-0.25, -0.2) is 0 Å². The number of rotatable bonds is 2. The molecule has 0 radical (unpaired) electrons. The van der Waals surface area contributed by atoms with E-state index < -0.39 is 0 Å². The number of hydrogen-bond acceptors (Lipinski definition) is 3. The first-order valence-corrected chi connectivity index (χ1v) is 5.49. The molecular formula is C13H11N3O2. The van der Waals surface area contributed by atoms with Crippen molar-refractivity contribution in [2.24, 2.45) is 0 Å². The molecule has 0 aliphatic rings. The van der Waals surface area contributed by atoms with Crippen LogP contribution in [0.5, 0.6) is 5.75 Å². The first kappa shape index (κ1) is 10.6. The quantitative estimate of drug-likeness (QED) is 0.720. The molecule has 3 rings (SSSR count). The fourth-order valence-electron chi connectivity index (χ4n) is 1.91. The van der Waals surface area contributed by atoms with Gasteiger partial charge >= 0.3 is 0 Å². The molecule has 0 fully saturated rings. The normalized spacial score (nSPS) is 10.7. The third kappa shape index (κ3) is 1.66. The van der Waals surface area contributed by atoms with Crippen LogP contribution < -0.4 is 10.2 Å². The number of nitrogens with one attached hydrogen (secondary N) is 2. The van der Waals surface area contributed by atoms with Crippen LogP contribution in [0.25, 0.3) is 22.3 Å². The lowest BCUT2D eigenvalue weighted by Gasteiger charge is -2.04. The first-order valence-electron chi connectivity index (χ1n) is 5.49. The molecule has 1 aromatic carbocycles. The molecular weight excluding hydrogens is 230 g/mol. The Morgan fingerprint density at radius 1 is 1.17 bits per heavy atom. The summed E-state index contributed by atoms with van der Waals surface area (Å²) in [6.45, 7) is 0. The largest absolute Gasteiger partial charge is 0.497 e. The standard InChI is InChI=1S/C13H11N3O2/c1-18-8-2-3-9-11(6-8)15-12(7-13(9)17)10-4-5-14-16-10/h2-7H,1H3,(H,14,16)(H,15,17). The lowest BCUT2D eigenvalue weighted by Crippen LogP contribution is -2.03. The summed E-state index contributed by atoms with van der Waals surface area (Å²) >= 11 is 0. The fourth-order valence-corrected chi connectivity index (χ4v) is 1.91. The average Bonchev–Trinajstić information content (AvgIpc) is 2.91. The highest BCUT2D eigenvalue weighted by Gasteiger charge is 2.06. The minimum atomic E-state index is -0.0315. The van der Waals surface area contributed by atoms with Gasteiger partial charge in [-0.15, -0.1) is 0 Å². The Labute approximate surface area is 102 Å². The van der Waals surface area contributed by atoms with Crippen molar-refractivity contribution in [1.82, 2.24) is 15.2 Å². The number of benzene rings is 1. The number of aromatic amines is 2. The zero-order valence-corrected chi connectivity index (χ0v) is 9.73. The Kier molecular flexibility index (Phi) is 2.37. The van der Waals surface area contributed by atoms with Crippen LogP contribution in [0.3, 0.4) is 0 Å². The Hall–Kier alpha value is -2.56. The number of hydrogen-bond donors (Lipinski definition) is 2. The topological polar surface area (TPSA) is 70.8 Å². The SMILES string of the molecule is COc1ccc2c(=O)cc(-c3ccn[nH]3)[nH]c2c1. The van der Waals surface area contributed by atoms with E-state index in [-0.39, 0.29) is 5.43 Å². The summed E-state index contributed by atoms with van der Waals surface area (Å²) < 4.78 is 5.15. The van der Waals surface area contributed by atoms with Gasteiger partial charge in [-0.3, -0.25) is 9.89 Å². The van der Waals surface area contributed by atoms with E-state index in [9.17, 15) is 4.79 Å². The van der Waals surface area contributed by atoms with E-state index in [1.165, 1.54) is 0 Å². The summed E-state index contributed by atoms with van der Waals surface area (Å²) in [5, 5.41) is 7.33. The Morgan fingerprint density at radius 3 is 2.78 bits per heavy atom. The first-order chi connectivity index (χ1) is 8.78. The Balaban J connectivity index is 2.28. The van der Waals surface area contributed by atoms with Crippen LogP contribution in [0.1, 0.15) is 0 Å². The molecule has 2 N–H and O–H groups in total. The smallest absolute Gasteiger partial charge is 0.190 e. The number of pyridine rings is 1. The molecule has 0 saturated heterocycles. The van der Waals surface area contributed by atoms with Gasteiger partial charge in [-0.2, -0.15) is 5.10 Å². The lowest BCUT2D eigenvalue weighted by molar-refractivity contribution is 0.415. The van der Waals surface area contributed by atoms with Crippen LogP contribution in [0.2, 0.25) is 0 Å². The van der Waals surface area contributed by atoms with Gasteiger partial charge in [0.1, 0.15) is 5.75 Å². The van der Waals surface area contributed by atoms with Gasteiger partial charge in [-0.1, -0.05) is 0 Å². The summed E-state index contributed by atoms with van der Waals surface area (Å²) in [4.78, 5) is 15.2. The molecule has 0 atom stereocenters. The maximum atomic E-state index is 12.0. The zero-order valence-electron chi connectivity index (χ0n) is 9.73. The molecule has 0 aliphatic heterocycles. The van der Waals surface area contributed by atoms with Crippen molar-refractivity contribution >= 4 is 10.9 Å². The van der Waals surface area contributed by atoms with Crippen LogP contribution in [-0.2, 0) is 0 Å². The van der Waals surface area contributed by atoms with Gasteiger partial charge in [0, 0.05) is 23.7 Å². The number of ether oxygens (including phenoxy) is 1. The number of H-pyrrole nitrogens is 2. The fraction of sp³-hybridized carbons (Fsp3) is 0.0769. The van der Waals surface area contributed by atoms with E-state index in [0.29, 0.717) is 16.8 Å². The molecule has 5 heteroatoms. The summed E-state index contributed by atoms with van der Waals surface area (Å²) in [5.74, 6) is 0.708. The molecule has 0 unspecified atom stereocenters.